The molecule has 0 aliphatic carbocycles. The van der Waals surface area contributed by atoms with Gasteiger partial charge in [-0.25, -0.2) is 0 Å². The molecule has 1 aliphatic rings. The van der Waals surface area contributed by atoms with Gasteiger partial charge in [0.25, 0.3) is 0 Å². The Bertz CT molecular complexity index is 66.8. The maximum absolute atomic E-state index is 5.37. The number of hydrogen-bond donors (Lipinski definition) is 0. The Morgan fingerprint density at radius 3 is 2.50 bits per heavy atom. The second-order valence-corrected chi connectivity index (χ2v) is 4.71. The number of ether oxygens (including phenoxy) is 1. The fourth-order valence-corrected chi connectivity index (χ4v) is 1.97. The van der Waals surface area contributed by atoms with Crippen LogP contribution in [0.15, 0.2) is 0 Å². The quantitative estimate of drug-likeness (QED) is 0.487. The number of hydrogen-bond acceptors (Lipinski definition) is 1. The summed E-state index contributed by atoms with van der Waals surface area (Å²) in [6.07, 6.45) is 2.57. The van der Waals surface area contributed by atoms with Gasteiger partial charge in [-0.3, -0.25) is 0 Å². The van der Waals surface area contributed by atoms with Gasteiger partial charge in [0.15, 0.2) is 0 Å². The second-order valence-electron chi connectivity index (χ2n) is 1.88. The molecule has 8 heavy (non-hydrogen) atoms. The van der Waals surface area contributed by atoms with E-state index in [1.165, 1.54) is 12.8 Å². The zero-order valence-electron chi connectivity index (χ0n) is 4.44. The standard InChI is InChI=1S/C5H8I2O/c6-4-2-1-3-8-5(4)7/h4-5H,1-3H2. The molecule has 0 aromatic heterocycles. The van der Waals surface area contributed by atoms with Crippen LogP contribution in [-0.4, -0.2) is 14.6 Å². The summed E-state index contributed by atoms with van der Waals surface area (Å²) in [5.41, 5.74) is 0. The van der Waals surface area contributed by atoms with Gasteiger partial charge in [-0.2, -0.15) is 0 Å². The fraction of sp³-hybridized carbons (Fsp3) is 1.00. The molecule has 0 saturated carbocycles. The summed E-state index contributed by atoms with van der Waals surface area (Å²) >= 11 is 4.80. The molecule has 1 aliphatic heterocycles. The molecule has 48 valence electrons. The number of alkyl halides is 2. The molecule has 3 heteroatoms. The highest BCUT2D eigenvalue weighted by Gasteiger charge is 2.19. The Morgan fingerprint density at radius 2 is 2.12 bits per heavy atom. The molecule has 1 saturated heterocycles. The van der Waals surface area contributed by atoms with Gasteiger partial charge in [0.1, 0.15) is 4.11 Å². The summed E-state index contributed by atoms with van der Waals surface area (Å²) in [6.45, 7) is 0.965. The molecule has 0 bridgehead atoms. The lowest BCUT2D eigenvalue weighted by molar-refractivity contribution is 0.0917. The highest BCUT2D eigenvalue weighted by Crippen LogP contribution is 2.25. The van der Waals surface area contributed by atoms with Crippen molar-refractivity contribution in [1.82, 2.24) is 0 Å². The van der Waals surface area contributed by atoms with Crippen LogP contribution in [-0.2, 0) is 4.74 Å². The summed E-state index contributed by atoms with van der Waals surface area (Å²) in [4.78, 5) is 0. The van der Waals surface area contributed by atoms with Gasteiger partial charge in [0, 0.05) is 10.5 Å². The van der Waals surface area contributed by atoms with Crippen molar-refractivity contribution in [1.29, 1.82) is 0 Å². The Balaban J connectivity index is 2.28. The first-order chi connectivity index (χ1) is 3.80. The third-order valence-corrected chi connectivity index (χ3v) is 5.07. The van der Waals surface area contributed by atoms with Gasteiger partial charge in [0.05, 0.1) is 0 Å². The van der Waals surface area contributed by atoms with Crippen molar-refractivity contribution in [2.45, 2.75) is 20.9 Å². The van der Waals surface area contributed by atoms with Crippen molar-refractivity contribution < 1.29 is 4.74 Å². The Labute approximate surface area is 76.8 Å². The maximum Gasteiger partial charge on any atom is 0.120 e. The molecule has 0 amide bonds. The molecular weight excluding hydrogens is 330 g/mol. The normalized spacial score (nSPS) is 39.8. The molecule has 2 atom stereocenters. The Hall–Kier alpha value is 1.42. The average molecular weight is 338 g/mol. The van der Waals surface area contributed by atoms with E-state index in [2.05, 4.69) is 45.2 Å². The highest BCUT2D eigenvalue weighted by molar-refractivity contribution is 14.1. The first-order valence-corrected chi connectivity index (χ1v) is 5.19. The van der Waals surface area contributed by atoms with Gasteiger partial charge in [-0.1, -0.05) is 22.6 Å². The van der Waals surface area contributed by atoms with Gasteiger partial charge >= 0.3 is 0 Å². The van der Waals surface area contributed by atoms with E-state index in [0.29, 0.717) is 4.11 Å². The molecule has 0 spiro atoms. The minimum atomic E-state index is 0.460. The molecule has 0 radical (unpaired) electrons. The van der Waals surface area contributed by atoms with E-state index < -0.39 is 0 Å². The van der Waals surface area contributed by atoms with Crippen LogP contribution in [0.2, 0.25) is 0 Å². The summed E-state index contributed by atoms with van der Waals surface area (Å²) in [5.74, 6) is 0. The fourth-order valence-electron chi connectivity index (χ4n) is 0.710. The van der Waals surface area contributed by atoms with E-state index in [9.17, 15) is 0 Å². The lowest BCUT2D eigenvalue weighted by Gasteiger charge is -2.22. The third-order valence-electron chi connectivity index (χ3n) is 1.19. The van der Waals surface area contributed by atoms with Gasteiger partial charge < -0.3 is 4.74 Å². The van der Waals surface area contributed by atoms with Gasteiger partial charge in [-0.15, -0.1) is 0 Å². The van der Waals surface area contributed by atoms with Crippen molar-refractivity contribution in [3.8, 4) is 0 Å². The summed E-state index contributed by atoms with van der Waals surface area (Å²) < 4.78 is 6.57. The molecule has 1 nitrogen and oxygen atoms in total. The van der Waals surface area contributed by atoms with E-state index in [4.69, 9.17) is 4.74 Å². The number of rotatable bonds is 0. The van der Waals surface area contributed by atoms with Crippen LogP contribution in [0.3, 0.4) is 0 Å². The molecule has 0 N–H and O–H groups in total. The lowest BCUT2D eigenvalue weighted by Crippen LogP contribution is -2.23. The SMILES string of the molecule is IC1CCCOC1I. The van der Waals surface area contributed by atoms with Crippen LogP contribution >= 0.6 is 45.2 Å². The Morgan fingerprint density at radius 1 is 1.38 bits per heavy atom. The Kier molecular flexibility index (Phi) is 3.34. The molecule has 1 rings (SSSR count). The van der Waals surface area contributed by atoms with Gasteiger partial charge in [-0.05, 0) is 35.4 Å². The van der Waals surface area contributed by atoms with Crippen LogP contribution in [0.4, 0.5) is 0 Å². The monoisotopic (exact) mass is 338 g/mol. The smallest absolute Gasteiger partial charge is 0.120 e. The van der Waals surface area contributed by atoms with Gasteiger partial charge in [0.2, 0.25) is 0 Å². The van der Waals surface area contributed by atoms with Crippen molar-refractivity contribution in [3.63, 3.8) is 0 Å². The minimum Gasteiger partial charge on any atom is -0.367 e. The largest absolute Gasteiger partial charge is 0.367 e. The van der Waals surface area contributed by atoms with Crippen molar-refractivity contribution in [2.75, 3.05) is 6.61 Å². The van der Waals surface area contributed by atoms with Crippen molar-refractivity contribution >= 4 is 45.2 Å². The average Bonchev–Trinajstić information content (AvgIpc) is 1.77. The predicted molar refractivity (Wildman–Crippen MR) is 50.8 cm³/mol. The van der Waals surface area contributed by atoms with E-state index >= 15 is 0 Å². The molecule has 1 fully saturated rings. The first kappa shape index (κ1) is 7.53. The predicted octanol–water partition coefficient (Wildman–Crippen LogP) is 2.36. The van der Waals surface area contributed by atoms with Crippen LogP contribution < -0.4 is 0 Å². The van der Waals surface area contributed by atoms with Crippen molar-refractivity contribution in [3.05, 3.63) is 0 Å². The van der Waals surface area contributed by atoms with E-state index in [-0.39, 0.29) is 0 Å². The molecule has 0 aromatic carbocycles. The molecular formula is C5H8I2O. The van der Waals surface area contributed by atoms with E-state index in [0.717, 1.165) is 10.5 Å². The van der Waals surface area contributed by atoms with Crippen LogP contribution in [0.25, 0.3) is 0 Å². The van der Waals surface area contributed by atoms with E-state index in [1.54, 1.807) is 0 Å². The third kappa shape index (κ3) is 1.98. The van der Waals surface area contributed by atoms with Crippen molar-refractivity contribution in [2.24, 2.45) is 0 Å². The lowest BCUT2D eigenvalue weighted by atomic mass is 10.2. The zero-order valence-corrected chi connectivity index (χ0v) is 8.76. The summed E-state index contributed by atoms with van der Waals surface area (Å²) in [7, 11) is 0. The second kappa shape index (κ2) is 3.55. The van der Waals surface area contributed by atoms with E-state index in [1.807, 2.05) is 0 Å². The number of halogens is 2. The highest BCUT2D eigenvalue weighted by atomic mass is 127. The zero-order chi connectivity index (χ0) is 5.98. The van der Waals surface area contributed by atoms with Crippen LogP contribution in [0.1, 0.15) is 12.8 Å². The molecule has 0 aromatic rings. The minimum absolute atomic E-state index is 0.460. The molecule has 2 unspecified atom stereocenters. The first-order valence-electron chi connectivity index (χ1n) is 2.70. The maximum atomic E-state index is 5.37. The molecule has 1 heterocycles. The summed E-state index contributed by atoms with van der Waals surface area (Å²) in [6, 6.07) is 0. The topological polar surface area (TPSA) is 9.23 Å². The van der Waals surface area contributed by atoms with Crippen LogP contribution in [0, 0.1) is 0 Å². The van der Waals surface area contributed by atoms with Crippen LogP contribution in [0.5, 0.6) is 0 Å². The summed E-state index contributed by atoms with van der Waals surface area (Å²) in [5, 5.41) is 0.